The zero-order valence-corrected chi connectivity index (χ0v) is 22.8. The molecule has 3 unspecified atom stereocenters. The minimum Gasteiger partial charge on any atom is -0.495 e. The number of amides is 2. The third-order valence-corrected chi connectivity index (χ3v) is 7.75. The first-order valence-electron chi connectivity index (χ1n) is 12.8. The summed E-state index contributed by atoms with van der Waals surface area (Å²) < 4.78 is 11.4. The maximum absolute atomic E-state index is 13.0. The van der Waals surface area contributed by atoms with Crippen LogP contribution < -0.4 is 10.1 Å². The van der Waals surface area contributed by atoms with E-state index in [0.717, 1.165) is 46.3 Å². The lowest BCUT2D eigenvalue weighted by Gasteiger charge is -2.29. The van der Waals surface area contributed by atoms with Crippen molar-refractivity contribution in [2.75, 3.05) is 26.0 Å². The number of benzene rings is 2. The van der Waals surface area contributed by atoms with Gasteiger partial charge in [0.15, 0.2) is 0 Å². The highest BCUT2D eigenvalue weighted by molar-refractivity contribution is 5.79. The van der Waals surface area contributed by atoms with Gasteiger partial charge in [0.2, 0.25) is 0 Å². The lowest BCUT2D eigenvalue weighted by atomic mass is 9.82. The molecule has 1 saturated heterocycles. The number of rotatable bonds is 6. The van der Waals surface area contributed by atoms with Crippen LogP contribution in [-0.2, 0) is 16.0 Å². The van der Waals surface area contributed by atoms with Gasteiger partial charge < -0.3 is 19.7 Å². The maximum Gasteiger partial charge on any atom is 0.410 e. The molecule has 2 aromatic carbocycles. The van der Waals surface area contributed by atoms with Crippen molar-refractivity contribution in [3.05, 3.63) is 62.6 Å². The van der Waals surface area contributed by atoms with Gasteiger partial charge in [0.25, 0.3) is 5.91 Å². The summed E-state index contributed by atoms with van der Waals surface area (Å²) in [5.74, 6) is -0.0727. The molecule has 4 rings (SSSR count). The first kappa shape index (κ1) is 26.6. The van der Waals surface area contributed by atoms with E-state index in [2.05, 4.69) is 22.6 Å². The summed E-state index contributed by atoms with van der Waals surface area (Å²) >= 11 is 0. The summed E-state index contributed by atoms with van der Waals surface area (Å²) in [6.45, 7) is 10.3. The standard InChI is InChI=1S/C29H37N3O5/c1-16-17(2)26(30-6)24(36-7)14-21(16)22(15-25(33)31-35)19-9-8-18-12-20-10-11-32(27(20)23(18)13-19)28(34)37-29(3,4)5/h8-9,13-14,20,22,27,30H,10-12,15H2,1-7H3. The molecular formula is C29H37N3O5. The van der Waals surface area contributed by atoms with E-state index in [1.165, 1.54) is 5.56 Å². The van der Waals surface area contributed by atoms with Gasteiger partial charge in [-0.3, -0.25) is 4.79 Å². The Morgan fingerprint density at radius 2 is 1.92 bits per heavy atom. The van der Waals surface area contributed by atoms with Gasteiger partial charge in [0, 0.05) is 31.1 Å². The fourth-order valence-corrected chi connectivity index (χ4v) is 5.95. The number of carbonyl (C=O) groups is 2. The number of anilines is 1. The van der Waals surface area contributed by atoms with Gasteiger partial charge in [-0.2, -0.15) is 0 Å². The zero-order chi connectivity index (χ0) is 27.1. The SMILES string of the molecule is CNc1c(OC)cc(C(CC(=O)N=O)c2ccc3c(c2)C2C(CCN2C(=O)OC(C)(C)C)C3)c(C)c1C. The van der Waals surface area contributed by atoms with E-state index in [4.69, 9.17) is 9.47 Å². The Morgan fingerprint density at radius 3 is 2.54 bits per heavy atom. The number of nitrogens with zero attached hydrogens (tertiary/aromatic N) is 2. The summed E-state index contributed by atoms with van der Waals surface area (Å²) in [4.78, 5) is 38.4. The van der Waals surface area contributed by atoms with Crippen molar-refractivity contribution in [1.29, 1.82) is 0 Å². The van der Waals surface area contributed by atoms with E-state index in [0.29, 0.717) is 18.2 Å². The molecule has 198 valence electrons. The van der Waals surface area contributed by atoms with Gasteiger partial charge >= 0.3 is 6.09 Å². The summed E-state index contributed by atoms with van der Waals surface area (Å²) in [5.41, 5.74) is 6.48. The molecule has 0 spiro atoms. The molecule has 8 nitrogen and oxygen atoms in total. The normalized spacial score (nSPS) is 19.2. The van der Waals surface area contributed by atoms with Crippen molar-refractivity contribution < 1.29 is 19.1 Å². The Hall–Kier alpha value is -3.42. The van der Waals surface area contributed by atoms with Crippen LogP contribution in [0.2, 0.25) is 0 Å². The Kier molecular flexibility index (Phi) is 7.31. The third-order valence-electron chi connectivity index (χ3n) is 7.75. The van der Waals surface area contributed by atoms with Gasteiger partial charge in [-0.15, -0.1) is 4.91 Å². The highest BCUT2D eigenvalue weighted by Gasteiger charge is 2.45. The number of hydrogen-bond donors (Lipinski definition) is 1. The van der Waals surface area contributed by atoms with Gasteiger partial charge in [-0.1, -0.05) is 18.2 Å². The fraction of sp³-hybridized carbons (Fsp3) is 0.517. The Balaban J connectivity index is 1.79. The van der Waals surface area contributed by atoms with Crippen molar-refractivity contribution in [2.24, 2.45) is 11.1 Å². The molecule has 2 aromatic rings. The minimum atomic E-state index is -0.701. The third kappa shape index (κ3) is 5.06. The number of likely N-dealkylation sites (tertiary alicyclic amines) is 1. The van der Waals surface area contributed by atoms with Crippen molar-refractivity contribution in [2.45, 2.75) is 71.4 Å². The molecule has 2 amide bonds. The lowest BCUT2D eigenvalue weighted by Crippen LogP contribution is -2.36. The molecule has 2 aliphatic rings. The van der Waals surface area contributed by atoms with Crippen LogP contribution in [0.4, 0.5) is 10.5 Å². The molecule has 1 aliphatic carbocycles. The number of nitrogens with one attached hydrogen (secondary N) is 1. The van der Waals surface area contributed by atoms with Crippen LogP contribution in [0.15, 0.2) is 29.4 Å². The van der Waals surface area contributed by atoms with Crippen LogP contribution in [0.25, 0.3) is 0 Å². The monoisotopic (exact) mass is 507 g/mol. The largest absolute Gasteiger partial charge is 0.495 e. The van der Waals surface area contributed by atoms with Crippen molar-refractivity contribution in [1.82, 2.24) is 4.90 Å². The van der Waals surface area contributed by atoms with E-state index in [1.54, 1.807) is 7.11 Å². The molecule has 0 aromatic heterocycles. The molecule has 1 fully saturated rings. The minimum absolute atomic E-state index is 0.0471. The van der Waals surface area contributed by atoms with Gasteiger partial charge in [-0.25, -0.2) is 4.79 Å². The molecule has 1 aliphatic heterocycles. The Morgan fingerprint density at radius 1 is 1.19 bits per heavy atom. The lowest BCUT2D eigenvalue weighted by molar-refractivity contribution is -0.118. The van der Waals surface area contributed by atoms with E-state index in [1.807, 2.05) is 58.7 Å². The second kappa shape index (κ2) is 10.1. The number of ether oxygens (including phenoxy) is 2. The van der Waals surface area contributed by atoms with Crippen LogP contribution in [0.1, 0.15) is 79.0 Å². The molecule has 3 atom stereocenters. The molecule has 8 heteroatoms. The summed E-state index contributed by atoms with van der Waals surface area (Å²) in [7, 11) is 3.46. The number of methoxy groups -OCH3 is 1. The molecule has 0 radical (unpaired) electrons. The number of fused-ring (bicyclic) bond motifs is 3. The molecule has 0 bridgehead atoms. The highest BCUT2D eigenvalue weighted by Crippen LogP contribution is 2.48. The van der Waals surface area contributed by atoms with Gasteiger partial charge in [0.05, 0.1) is 18.8 Å². The Labute approximate surface area is 218 Å². The molecular weight excluding hydrogens is 470 g/mol. The predicted molar refractivity (Wildman–Crippen MR) is 143 cm³/mol. The zero-order valence-electron chi connectivity index (χ0n) is 22.8. The van der Waals surface area contributed by atoms with Crippen LogP contribution in [-0.4, -0.2) is 43.2 Å². The second-order valence-corrected chi connectivity index (χ2v) is 11.1. The summed E-state index contributed by atoms with van der Waals surface area (Å²) in [6.07, 6.45) is 1.48. The molecule has 1 heterocycles. The first-order valence-corrected chi connectivity index (χ1v) is 12.8. The quantitative estimate of drug-likeness (QED) is 0.480. The number of hydrogen-bond acceptors (Lipinski definition) is 6. The maximum atomic E-state index is 13.0. The average molecular weight is 508 g/mol. The van der Waals surface area contributed by atoms with E-state index in [-0.39, 0.29) is 24.5 Å². The second-order valence-electron chi connectivity index (χ2n) is 11.1. The van der Waals surface area contributed by atoms with Crippen molar-refractivity contribution >= 4 is 17.7 Å². The predicted octanol–water partition coefficient (Wildman–Crippen LogP) is 6.02. The molecule has 37 heavy (non-hydrogen) atoms. The highest BCUT2D eigenvalue weighted by atomic mass is 16.6. The van der Waals surface area contributed by atoms with E-state index < -0.39 is 11.5 Å². The summed E-state index contributed by atoms with van der Waals surface area (Å²) in [6, 6.07) is 8.13. The average Bonchev–Trinajstić information content (AvgIpc) is 3.42. The number of carbonyl (C=O) groups excluding carboxylic acids is 2. The number of nitroso groups, excluding NO2 is 1. The van der Waals surface area contributed by atoms with E-state index in [9.17, 15) is 14.5 Å². The Bertz CT molecular complexity index is 1230. The first-order chi connectivity index (χ1) is 17.5. The van der Waals surface area contributed by atoms with E-state index >= 15 is 0 Å². The molecule has 0 saturated carbocycles. The van der Waals surface area contributed by atoms with Crippen LogP contribution in [0.3, 0.4) is 0 Å². The smallest absolute Gasteiger partial charge is 0.410 e. The van der Waals surface area contributed by atoms with Crippen molar-refractivity contribution in [3.8, 4) is 5.75 Å². The topological polar surface area (TPSA) is 97.3 Å². The van der Waals surface area contributed by atoms with Crippen LogP contribution >= 0.6 is 0 Å². The van der Waals surface area contributed by atoms with Crippen LogP contribution in [0, 0.1) is 24.7 Å². The fourth-order valence-electron chi connectivity index (χ4n) is 5.95. The van der Waals surface area contributed by atoms with Crippen LogP contribution in [0.5, 0.6) is 5.75 Å². The molecule has 1 N–H and O–H groups in total. The van der Waals surface area contributed by atoms with Gasteiger partial charge in [-0.05, 0) is 92.8 Å². The summed E-state index contributed by atoms with van der Waals surface area (Å²) in [5, 5.41) is 5.90. The van der Waals surface area contributed by atoms with Gasteiger partial charge in [0.1, 0.15) is 11.4 Å². The van der Waals surface area contributed by atoms with Crippen molar-refractivity contribution in [3.63, 3.8) is 0 Å².